The number of hydrogen-bond donors (Lipinski definition) is 0. The molecule has 0 bridgehead atoms. The first-order chi connectivity index (χ1) is 8.41. The van der Waals surface area contributed by atoms with Crippen molar-refractivity contribution in [2.45, 2.75) is 19.8 Å². The highest BCUT2D eigenvalue weighted by Crippen LogP contribution is 2.27. The molecule has 0 fully saturated rings. The molecule has 5 heteroatoms. The van der Waals surface area contributed by atoms with E-state index in [2.05, 4.69) is 4.99 Å². The van der Waals surface area contributed by atoms with Gasteiger partial charge in [-0.1, -0.05) is 18.2 Å². The van der Waals surface area contributed by atoms with Crippen molar-refractivity contribution in [3.8, 4) is 0 Å². The Labute approximate surface area is 103 Å². The molecule has 0 atom stereocenters. The van der Waals surface area contributed by atoms with Gasteiger partial charge in [0.25, 0.3) is 5.92 Å². The van der Waals surface area contributed by atoms with Crippen molar-refractivity contribution < 1.29 is 18.3 Å². The number of nitrogens with zero attached hydrogens (tertiary/aromatic N) is 1. The van der Waals surface area contributed by atoms with Crippen LogP contribution in [-0.2, 0) is 15.5 Å². The van der Waals surface area contributed by atoms with Crippen LogP contribution in [0.4, 0.5) is 8.78 Å². The van der Waals surface area contributed by atoms with Gasteiger partial charge in [0.2, 0.25) is 5.90 Å². The first kappa shape index (κ1) is 12.4. The molecule has 0 saturated carbocycles. The van der Waals surface area contributed by atoms with E-state index in [-0.39, 0.29) is 17.2 Å². The van der Waals surface area contributed by atoms with Gasteiger partial charge in [-0.05, 0) is 19.1 Å². The van der Waals surface area contributed by atoms with Gasteiger partial charge < -0.3 is 4.74 Å². The third-order valence-electron chi connectivity index (χ3n) is 2.53. The molecule has 0 radical (unpaired) electrons. The number of esters is 1. The van der Waals surface area contributed by atoms with E-state index < -0.39 is 11.9 Å². The Morgan fingerprint density at radius 1 is 1.28 bits per heavy atom. The molecule has 1 heterocycles. The molecule has 1 aromatic rings. The Kier molecular flexibility index (Phi) is 2.98. The lowest BCUT2D eigenvalue weighted by Crippen LogP contribution is -2.09. The molecule has 1 aliphatic heterocycles. The van der Waals surface area contributed by atoms with Crippen molar-refractivity contribution in [2.75, 3.05) is 0 Å². The minimum atomic E-state index is -2.89. The highest BCUT2D eigenvalue weighted by Gasteiger charge is 2.26. The van der Waals surface area contributed by atoms with Gasteiger partial charge in [0, 0.05) is 18.1 Å². The van der Waals surface area contributed by atoms with Gasteiger partial charge in [0.15, 0.2) is 0 Å². The maximum Gasteiger partial charge on any atom is 0.363 e. The molecule has 0 amide bonds. The molecule has 0 aliphatic carbocycles. The molecule has 0 spiro atoms. The summed E-state index contributed by atoms with van der Waals surface area (Å²) in [6, 6.07) is 5.49. The Hall–Kier alpha value is -2.04. The molecule has 0 aromatic heterocycles. The zero-order valence-corrected chi connectivity index (χ0v) is 9.91. The molecule has 0 N–H and O–H groups in total. The smallest absolute Gasteiger partial charge is 0.363 e. The molecule has 94 valence electrons. The predicted octanol–water partition coefficient (Wildman–Crippen LogP) is 3.01. The van der Waals surface area contributed by atoms with Crippen molar-refractivity contribution in [1.82, 2.24) is 0 Å². The third kappa shape index (κ3) is 2.30. The van der Waals surface area contributed by atoms with Crippen LogP contribution in [-0.4, -0.2) is 11.9 Å². The molecule has 0 unspecified atom stereocenters. The fourth-order valence-corrected chi connectivity index (χ4v) is 1.53. The SMILES string of the molecule is C/C=C1/N=C(c2ccc(C(C)(F)F)cc2)OC1=O. The van der Waals surface area contributed by atoms with Crippen LogP contribution in [0.2, 0.25) is 0 Å². The number of benzene rings is 1. The highest BCUT2D eigenvalue weighted by molar-refractivity contribution is 6.11. The van der Waals surface area contributed by atoms with Crippen molar-refractivity contribution in [2.24, 2.45) is 4.99 Å². The summed E-state index contributed by atoms with van der Waals surface area (Å²) in [5.41, 5.74) is 0.616. The summed E-state index contributed by atoms with van der Waals surface area (Å²) < 4.78 is 31.0. The average Bonchev–Trinajstić information content (AvgIpc) is 2.69. The summed E-state index contributed by atoms with van der Waals surface area (Å²) in [5, 5.41) is 0. The number of ether oxygens (including phenoxy) is 1. The van der Waals surface area contributed by atoms with E-state index in [0.29, 0.717) is 5.56 Å². The summed E-state index contributed by atoms with van der Waals surface area (Å²) >= 11 is 0. The van der Waals surface area contributed by atoms with Crippen molar-refractivity contribution in [1.29, 1.82) is 0 Å². The van der Waals surface area contributed by atoms with E-state index in [0.717, 1.165) is 6.92 Å². The van der Waals surface area contributed by atoms with Crippen LogP contribution in [0.3, 0.4) is 0 Å². The zero-order valence-electron chi connectivity index (χ0n) is 9.91. The fourth-order valence-electron chi connectivity index (χ4n) is 1.53. The Morgan fingerprint density at radius 2 is 1.89 bits per heavy atom. The van der Waals surface area contributed by atoms with Gasteiger partial charge in [-0.15, -0.1) is 0 Å². The Balaban J connectivity index is 2.30. The summed E-state index contributed by atoms with van der Waals surface area (Å²) in [6.07, 6.45) is 1.53. The number of carbonyl (C=O) groups excluding carboxylic acids is 1. The van der Waals surface area contributed by atoms with Crippen molar-refractivity contribution in [3.63, 3.8) is 0 Å². The predicted molar refractivity (Wildman–Crippen MR) is 62.4 cm³/mol. The van der Waals surface area contributed by atoms with Gasteiger partial charge in [-0.2, -0.15) is 0 Å². The van der Waals surface area contributed by atoms with E-state index in [1.807, 2.05) is 0 Å². The van der Waals surface area contributed by atoms with Gasteiger partial charge in [-0.25, -0.2) is 18.6 Å². The number of halogens is 2. The van der Waals surface area contributed by atoms with Crippen LogP contribution in [0.5, 0.6) is 0 Å². The van der Waals surface area contributed by atoms with E-state index in [9.17, 15) is 13.6 Å². The van der Waals surface area contributed by atoms with E-state index >= 15 is 0 Å². The number of carbonyl (C=O) groups is 1. The number of allylic oxidation sites excluding steroid dienone is 1. The van der Waals surface area contributed by atoms with Crippen LogP contribution in [0.25, 0.3) is 0 Å². The third-order valence-corrected chi connectivity index (χ3v) is 2.53. The van der Waals surface area contributed by atoms with Crippen LogP contribution in [0.1, 0.15) is 25.0 Å². The van der Waals surface area contributed by atoms with Gasteiger partial charge >= 0.3 is 5.97 Å². The lowest BCUT2D eigenvalue weighted by molar-refractivity contribution is -0.130. The molecule has 1 aromatic carbocycles. The number of hydrogen-bond acceptors (Lipinski definition) is 3. The lowest BCUT2D eigenvalue weighted by Gasteiger charge is -2.10. The highest BCUT2D eigenvalue weighted by atomic mass is 19.3. The van der Waals surface area contributed by atoms with Gasteiger partial charge in [0.05, 0.1) is 0 Å². The number of cyclic esters (lactones) is 1. The van der Waals surface area contributed by atoms with Crippen molar-refractivity contribution in [3.05, 3.63) is 47.2 Å². The van der Waals surface area contributed by atoms with Crippen LogP contribution in [0.15, 0.2) is 41.0 Å². The summed E-state index contributed by atoms with van der Waals surface area (Å²) in [4.78, 5) is 15.3. The van der Waals surface area contributed by atoms with Gasteiger partial charge in [0.1, 0.15) is 5.70 Å². The monoisotopic (exact) mass is 251 g/mol. The second-order valence-electron chi connectivity index (χ2n) is 3.95. The minimum absolute atomic E-state index is 0.0950. The average molecular weight is 251 g/mol. The second kappa shape index (κ2) is 4.33. The van der Waals surface area contributed by atoms with Crippen LogP contribution >= 0.6 is 0 Å². The second-order valence-corrected chi connectivity index (χ2v) is 3.95. The minimum Gasteiger partial charge on any atom is -0.402 e. The molecular weight excluding hydrogens is 240 g/mol. The molecule has 3 nitrogen and oxygen atoms in total. The maximum absolute atomic E-state index is 13.0. The standard InChI is InChI=1S/C13H11F2NO2/c1-3-10-12(17)18-11(16-10)8-4-6-9(7-5-8)13(2,14)15/h3-7H,1-2H3/b10-3+. The fraction of sp³-hybridized carbons (Fsp3) is 0.231. The van der Waals surface area contributed by atoms with Crippen LogP contribution < -0.4 is 0 Å². The van der Waals surface area contributed by atoms with E-state index in [1.54, 1.807) is 6.92 Å². The summed E-state index contributed by atoms with van der Waals surface area (Å²) in [5.74, 6) is -3.28. The number of alkyl halides is 2. The van der Waals surface area contributed by atoms with Crippen LogP contribution in [0, 0.1) is 0 Å². The zero-order chi connectivity index (χ0) is 13.3. The largest absolute Gasteiger partial charge is 0.402 e. The normalized spacial score (nSPS) is 17.9. The summed E-state index contributed by atoms with van der Waals surface area (Å²) in [6.45, 7) is 2.50. The van der Waals surface area contributed by atoms with E-state index in [4.69, 9.17) is 4.74 Å². The maximum atomic E-state index is 13.0. The lowest BCUT2D eigenvalue weighted by atomic mass is 10.1. The topological polar surface area (TPSA) is 38.7 Å². The first-order valence-corrected chi connectivity index (χ1v) is 5.37. The Morgan fingerprint density at radius 3 is 2.33 bits per heavy atom. The number of aliphatic imine (C=N–C) groups is 1. The molecule has 0 saturated heterocycles. The Bertz CT molecular complexity index is 539. The van der Waals surface area contributed by atoms with Crippen molar-refractivity contribution >= 4 is 11.9 Å². The molecule has 2 rings (SSSR count). The number of rotatable bonds is 2. The molecule has 18 heavy (non-hydrogen) atoms. The molecule has 1 aliphatic rings. The quantitative estimate of drug-likeness (QED) is 0.598. The van der Waals surface area contributed by atoms with E-state index in [1.165, 1.54) is 30.3 Å². The first-order valence-electron chi connectivity index (χ1n) is 5.37. The summed E-state index contributed by atoms with van der Waals surface area (Å²) in [7, 11) is 0. The van der Waals surface area contributed by atoms with Gasteiger partial charge in [-0.3, -0.25) is 0 Å². The molecular formula is C13H11F2NO2.